The fourth-order valence-corrected chi connectivity index (χ4v) is 3.09. The third kappa shape index (κ3) is 2.78. The number of hydrogen-bond acceptors (Lipinski definition) is 5. The molecule has 102 valence electrons. The quantitative estimate of drug-likeness (QED) is 0.933. The van der Waals surface area contributed by atoms with Crippen molar-refractivity contribution >= 4 is 16.7 Å². The molecule has 3 rings (SSSR count). The van der Waals surface area contributed by atoms with E-state index in [4.69, 9.17) is 0 Å². The largest absolute Gasteiger partial charge is 0.360 e. The Kier molecular flexibility index (Phi) is 3.50. The number of nitrogens with zero attached hydrogens (tertiary/aromatic N) is 4. The van der Waals surface area contributed by atoms with Crippen molar-refractivity contribution in [2.24, 2.45) is 5.92 Å². The maximum Gasteiger partial charge on any atom is 0.202 e. The summed E-state index contributed by atoms with van der Waals surface area (Å²) in [7, 11) is 0. The summed E-state index contributed by atoms with van der Waals surface area (Å²) in [5, 5.41) is 4.37. The predicted molar refractivity (Wildman–Crippen MR) is 76.5 cm³/mol. The number of imidazole rings is 1. The number of aryl methyl sites for hydroxylation is 1. The SMILES string of the molecule is CC(C)c1nsc(NCC2CCc3nccn3C2)n1. The summed E-state index contributed by atoms with van der Waals surface area (Å²) >= 11 is 1.46. The molecule has 0 saturated carbocycles. The Morgan fingerprint density at radius 3 is 3.21 bits per heavy atom. The van der Waals surface area contributed by atoms with Gasteiger partial charge in [0.15, 0.2) is 0 Å². The van der Waals surface area contributed by atoms with Crippen molar-refractivity contribution in [2.75, 3.05) is 11.9 Å². The molecule has 6 heteroatoms. The fraction of sp³-hybridized carbons (Fsp3) is 0.615. The molecule has 3 heterocycles. The molecule has 1 atom stereocenters. The summed E-state index contributed by atoms with van der Waals surface area (Å²) in [5.74, 6) is 3.20. The number of anilines is 1. The topological polar surface area (TPSA) is 55.6 Å². The van der Waals surface area contributed by atoms with Crippen molar-refractivity contribution in [2.45, 2.75) is 39.2 Å². The normalized spacial score (nSPS) is 18.6. The van der Waals surface area contributed by atoms with E-state index in [1.54, 1.807) is 0 Å². The molecule has 1 unspecified atom stereocenters. The molecule has 1 aliphatic rings. The highest BCUT2D eigenvalue weighted by Gasteiger charge is 2.19. The second kappa shape index (κ2) is 5.28. The summed E-state index contributed by atoms with van der Waals surface area (Å²) in [6.07, 6.45) is 6.24. The van der Waals surface area contributed by atoms with Crippen LogP contribution in [-0.4, -0.2) is 25.5 Å². The van der Waals surface area contributed by atoms with E-state index >= 15 is 0 Å². The van der Waals surface area contributed by atoms with Gasteiger partial charge in [0.25, 0.3) is 0 Å². The Labute approximate surface area is 117 Å². The molecule has 0 aromatic carbocycles. The molecule has 2 aromatic heterocycles. The Hall–Kier alpha value is -1.43. The third-order valence-corrected chi connectivity index (χ3v) is 4.22. The summed E-state index contributed by atoms with van der Waals surface area (Å²) < 4.78 is 6.62. The van der Waals surface area contributed by atoms with Gasteiger partial charge in [0, 0.05) is 49.4 Å². The van der Waals surface area contributed by atoms with Crippen molar-refractivity contribution in [3.63, 3.8) is 0 Å². The van der Waals surface area contributed by atoms with Gasteiger partial charge in [-0.1, -0.05) is 13.8 Å². The highest BCUT2D eigenvalue weighted by Crippen LogP contribution is 2.21. The zero-order valence-corrected chi connectivity index (χ0v) is 12.2. The van der Waals surface area contributed by atoms with Crippen LogP contribution in [0.5, 0.6) is 0 Å². The summed E-state index contributed by atoms with van der Waals surface area (Å²) in [5.41, 5.74) is 0. The minimum Gasteiger partial charge on any atom is -0.360 e. The Balaban J connectivity index is 1.55. The van der Waals surface area contributed by atoms with Crippen LogP contribution < -0.4 is 5.32 Å². The van der Waals surface area contributed by atoms with E-state index in [-0.39, 0.29) is 0 Å². The van der Waals surface area contributed by atoms with Crippen molar-refractivity contribution in [3.05, 3.63) is 24.0 Å². The van der Waals surface area contributed by atoms with E-state index in [1.807, 2.05) is 6.20 Å². The summed E-state index contributed by atoms with van der Waals surface area (Å²) in [6, 6.07) is 0. The maximum absolute atomic E-state index is 4.51. The van der Waals surface area contributed by atoms with E-state index in [2.05, 4.69) is 44.3 Å². The molecule has 1 aliphatic heterocycles. The molecular weight excluding hydrogens is 258 g/mol. The lowest BCUT2D eigenvalue weighted by Gasteiger charge is -2.23. The van der Waals surface area contributed by atoms with Crippen LogP contribution in [0.15, 0.2) is 12.4 Å². The van der Waals surface area contributed by atoms with Crippen molar-refractivity contribution < 1.29 is 0 Å². The number of hydrogen-bond donors (Lipinski definition) is 1. The molecule has 0 bridgehead atoms. The summed E-state index contributed by atoms with van der Waals surface area (Å²) in [6.45, 7) is 6.25. The highest BCUT2D eigenvalue weighted by molar-refractivity contribution is 7.09. The van der Waals surface area contributed by atoms with Gasteiger partial charge in [-0.15, -0.1) is 0 Å². The first-order valence-electron chi connectivity index (χ1n) is 6.80. The average Bonchev–Trinajstić information content (AvgIpc) is 3.04. The van der Waals surface area contributed by atoms with Gasteiger partial charge in [-0.2, -0.15) is 4.37 Å². The summed E-state index contributed by atoms with van der Waals surface area (Å²) in [4.78, 5) is 8.86. The number of rotatable bonds is 4. The van der Waals surface area contributed by atoms with Crippen LogP contribution in [0, 0.1) is 5.92 Å². The van der Waals surface area contributed by atoms with Crippen LogP contribution in [0.2, 0.25) is 0 Å². The monoisotopic (exact) mass is 277 g/mol. The van der Waals surface area contributed by atoms with Gasteiger partial charge in [0.1, 0.15) is 11.6 Å². The van der Waals surface area contributed by atoms with Gasteiger partial charge in [-0.05, 0) is 12.3 Å². The minimum atomic E-state index is 0.398. The first-order valence-corrected chi connectivity index (χ1v) is 7.57. The molecule has 5 nitrogen and oxygen atoms in total. The minimum absolute atomic E-state index is 0.398. The van der Waals surface area contributed by atoms with E-state index in [9.17, 15) is 0 Å². The molecule has 0 spiro atoms. The van der Waals surface area contributed by atoms with Gasteiger partial charge < -0.3 is 9.88 Å². The molecule has 0 aliphatic carbocycles. The molecule has 1 N–H and O–H groups in total. The second-order valence-corrected chi connectivity index (χ2v) is 6.15. The average molecular weight is 277 g/mol. The molecule has 0 fully saturated rings. The van der Waals surface area contributed by atoms with Crippen LogP contribution in [-0.2, 0) is 13.0 Å². The zero-order chi connectivity index (χ0) is 13.2. The lowest BCUT2D eigenvalue weighted by Crippen LogP contribution is -2.25. The van der Waals surface area contributed by atoms with Gasteiger partial charge >= 0.3 is 0 Å². The van der Waals surface area contributed by atoms with Crippen molar-refractivity contribution in [1.29, 1.82) is 0 Å². The lowest BCUT2D eigenvalue weighted by molar-refractivity contribution is 0.381. The Morgan fingerprint density at radius 2 is 2.42 bits per heavy atom. The second-order valence-electron chi connectivity index (χ2n) is 5.39. The van der Waals surface area contributed by atoms with Crippen molar-refractivity contribution in [1.82, 2.24) is 18.9 Å². The molecule has 0 saturated heterocycles. The van der Waals surface area contributed by atoms with Crippen LogP contribution in [0.4, 0.5) is 5.13 Å². The van der Waals surface area contributed by atoms with E-state index in [0.29, 0.717) is 11.8 Å². The van der Waals surface area contributed by atoms with E-state index in [0.717, 1.165) is 30.5 Å². The van der Waals surface area contributed by atoms with Crippen molar-refractivity contribution in [3.8, 4) is 0 Å². The number of fused-ring (bicyclic) bond motifs is 1. The van der Waals surface area contributed by atoms with Crippen LogP contribution >= 0.6 is 11.5 Å². The molecule has 2 aromatic rings. The smallest absolute Gasteiger partial charge is 0.202 e. The first kappa shape index (κ1) is 12.6. The Bertz CT molecular complexity index is 545. The molecule has 19 heavy (non-hydrogen) atoms. The molecule has 0 radical (unpaired) electrons. The number of nitrogens with one attached hydrogen (secondary N) is 1. The number of aromatic nitrogens is 4. The maximum atomic E-state index is 4.51. The van der Waals surface area contributed by atoms with Gasteiger partial charge in [0.05, 0.1) is 0 Å². The zero-order valence-electron chi connectivity index (χ0n) is 11.3. The van der Waals surface area contributed by atoms with Gasteiger partial charge in [-0.25, -0.2) is 9.97 Å². The predicted octanol–water partition coefficient (Wildman–Crippen LogP) is 2.53. The van der Waals surface area contributed by atoms with E-state index in [1.165, 1.54) is 23.8 Å². The van der Waals surface area contributed by atoms with Crippen LogP contribution in [0.25, 0.3) is 0 Å². The lowest BCUT2D eigenvalue weighted by atomic mass is 9.99. The van der Waals surface area contributed by atoms with Gasteiger partial charge in [0.2, 0.25) is 5.13 Å². The first-order chi connectivity index (χ1) is 9.22. The fourth-order valence-electron chi connectivity index (χ4n) is 2.38. The van der Waals surface area contributed by atoms with Crippen LogP contribution in [0.1, 0.15) is 37.8 Å². The highest BCUT2D eigenvalue weighted by atomic mass is 32.1. The molecule has 0 amide bonds. The third-order valence-electron chi connectivity index (χ3n) is 3.53. The van der Waals surface area contributed by atoms with Gasteiger partial charge in [-0.3, -0.25) is 0 Å². The Morgan fingerprint density at radius 1 is 1.53 bits per heavy atom. The molecular formula is C13H19N5S. The van der Waals surface area contributed by atoms with E-state index < -0.39 is 0 Å². The van der Waals surface area contributed by atoms with Crippen LogP contribution in [0.3, 0.4) is 0 Å². The standard InChI is InChI=1S/C13H19N5S/c1-9(2)12-16-13(19-17-12)15-7-10-3-4-11-14-5-6-18(11)8-10/h5-6,9-10H,3-4,7-8H2,1-2H3,(H,15,16,17).